The third-order valence-corrected chi connectivity index (χ3v) is 2.37. The van der Waals surface area contributed by atoms with Crippen molar-refractivity contribution in [3.8, 4) is 0 Å². The molecule has 0 aromatic carbocycles. The summed E-state index contributed by atoms with van der Waals surface area (Å²) in [5.74, 6) is 1.22. The molecule has 0 aliphatic rings. The Hall–Kier alpha value is -1.56. The fourth-order valence-corrected chi connectivity index (χ4v) is 1.60. The molecule has 0 aliphatic heterocycles. The lowest BCUT2D eigenvalue weighted by Crippen LogP contribution is -2.35. The van der Waals surface area contributed by atoms with Gasteiger partial charge in [-0.1, -0.05) is 16.0 Å². The van der Waals surface area contributed by atoms with E-state index in [0.29, 0.717) is 18.2 Å². The van der Waals surface area contributed by atoms with Gasteiger partial charge in [-0.05, 0) is 6.92 Å². The van der Waals surface area contributed by atoms with Gasteiger partial charge in [0.25, 0.3) is 5.51 Å². The Morgan fingerprint density at radius 1 is 1.57 bits per heavy atom. The zero-order valence-electron chi connectivity index (χ0n) is 7.71. The first-order chi connectivity index (χ1) is 6.75. The molecule has 0 atom stereocenters. The fraction of sp³-hybridized carbons (Fsp3) is 0.250. The summed E-state index contributed by atoms with van der Waals surface area (Å²) >= 11 is 1.54. The molecular formula is C8H10N5S+. The zero-order chi connectivity index (χ0) is 9.97. The van der Waals surface area contributed by atoms with E-state index in [0.717, 1.165) is 5.56 Å². The lowest BCUT2D eigenvalue weighted by molar-refractivity contribution is -0.740. The van der Waals surface area contributed by atoms with Gasteiger partial charge < -0.3 is 5.73 Å². The van der Waals surface area contributed by atoms with Crippen molar-refractivity contribution in [3.63, 3.8) is 0 Å². The summed E-state index contributed by atoms with van der Waals surface area (Å²) in [5.41, 5.74) is 10.3. The van der Waals surface area contributed by atoms with E-state index in [1.165, 1.54) is 11.3 Å². The van der Waals surface area contributed by atoms with Crippen molar-refractivity contribution in [2.75, 3.05) is 5.73 Å². The second kappa shape index (κ2) is 3.67. The molecule has 2 aromatic heterocycles. The third kappa shape index (κ3) is 1.85. The van der Waals surface area contributed by atoms with Gasteiger partial charge >= 0.3 is 0 Å². The maximum Gasteiger partial charge on any atom is 0.253 e. The Balaban J connectivity index is 2.25. The summed E-state index contributed by atoms with van der Waals surface area (Å²) in [7, 11) is 0. The number of anilines is 1. The zero-order valence-corrected chi connectivity index (χ0v) is 8.53. The number of rotatable bonds is 2. The van der Waals surface area contributed by atoms with Crippen molar-refractivity contribution in [2.24, 2.45) is 0 Å². The summed E-state index contributed by atoms with van der Waals surface area (Å²) in [5, 5.41) is 4.10. The van der Waals surface area contributed by atoms with Crippen LogP contribution in [0.1, 0.15) is 11.4 Å². The molecule has 2 aromatic rings. The van der Waals surface area contributed by atoms with E-state index in [1.807, 2.05) is 12.4 Å². The van der Waals surface area contributed by atoms with Crippen LogP contribution in [0.25, 0.3) is 0 Å². The van der Waals surface area contributed by atoms with Gasteiger partial charge in [0.05, 0.1) is 5.56 Å². The molecule has 5 nitrogen and oxygen atoms in total. The lowest BCUT2D eigenvalue weighted by Gasteiger charge is -1.99. The first-order valence-corrected chi connectivity index (χ1v) is 5.06. The van der Waals surface area contributed by atoms with Gasteiger partial charge in [0.15, 0.2) is 5.51 Å². The Kier molecular flexibility index (Phi) is 2.36. The Morgan fingerprint density at radius 3 is 3.07 bits per heavy atom. The largest absolute Gasteiger partial charge is 0.383 e. The molecule has 0 fully saturated rings. The molecule has 0 spiro atoms. The highest BCUT2D eigenvalue weighted by Crippen LogP contribution is 2.05. The first-order valence-electron chi connectivity index (χ1n) is 4.11. The van der Waals surface area contributed by atoms with Crippen LogP contribution in [-0.4, -0.2) is 15.1 Å². The van der Waals surface area contributed by atoms with Gasteiger partial charge in [-0.2, -0.15) is 0 Å². The van der Waals surface area contributed by atoms with Gasteiger partial charge in [-0.25, -0.2) is 9.97 Å². The molecule has 2 N–H and O–H groups in total. The van der Waals surface area contributed by atoms with Crippen molar-refractivity contribution in [1.29, 1.82) is 0 Å². The Bertz CT molecular complexity index is 425. The number of aryl methyl sites for hydroxylation is 1. The van der Waals surface area contributed by atoms with Crippen molar-refractivity contribution >= 4 is 17.2 Å². The van der Waals surface area contributed by atoms with E-state index >= 15 is 0 Å². The van der Waals surface area contributed by atoms with Crippen molar-refractivity contribution < 1.29 is 4.68 Å². The minimum absolute atomic E-state index is 0.526. The van der Waals surface area contributed by atoms with Crippen LogP contribution in [0.5, 0.6) is 0 Å². The summed E-state index contributed by atoms with van der Waals surface area (Å²) in [4.78, 5) is 8.17. The monoisotopic (exact) mass is 208 g/mol. The topological polar surface area (TPSA) is 68.6 Å². The SMILES string of the molecule is Cc1ncc(C[n+]2cscn2)c(N)n1. The predicted octanol–water partition coefficient (Wildman–Crippen LogP) is 0.160. The molecule has 0 amide bonds. The van der Waals surface area contributed by atoms with Crippen LogP contribution in [0, 0.1) is 6.92 Å². The van der Waals surface area contributed by atoms with Crippen molar-refractivity contribution in [2.45, 2.75) is 13.5 Å². The highest BCUT2D eigenvalue weighted by molar-refractivity contribution is 7.06. The standard InChI is InChI=1S/C8H10N5S/c1-6-10-2-7(8(9)12-6)3-13-5-14-4-11-13/h2,4-5H,3H2,1H3,(H2,9,10,12)/q+1. The van der Waals surface area contributed by atoms with Gasteiger partial charge in [-0.15, -0.1) is 0 Å². The van der Waals surface area contributed by atoms with Crippen LogP contribution >= 0.6 is 11.3 Å². The molecule has 0 unspecified atom stereocenters. The van der Waals surface area contributed by atoms with Gasteiger partial charge in [0.2, 0.25) is 6.54 Å². The fourth-order valence-electron chi connectivity index (χ4n) is 1.10. The molecule has 6 heteroatoms. The maximum atomic E-state index is 5.75. The smallest absolute Gasteiger partial charge is 0.253 e. The molecule has 14 heavy (non-hydrogen) atoms. The molecule has 0 aliphatic carbocycles. The number of nitrogens with two attached hydrogens (primary N) is 1. The quantitative estimate of drug-likeness (QED) is 0.714. The average Bonchev–Trinajstić information content (AvgIpc) is 2.62. The molecule has 0 saturated heterocycles. The van der Waals surface area contributed by atoms with E-state index in [9.17, 15) is 0 Å². The lowest BCUT2D eigenvalue weighted by atomic mass is 10.3. The van der Waals surface area contributed by atoms with E-state index in [1.54, 1.807) is 16.4 Å². The second-order valence-corrected chi connectivity index (χ2v) is 3.58. The van der Waals surface area contributed by atoms with Crippen LogP contribution in [-0.2, 0) is 6.54 Å². The van der Waals surface area contributed by atoms with Crippen LogP contribution in [0.3, 0.4) is 0 Å². The summed E-state index contributed by atoms with van der Waals surface area (Å²) in [6.07, 6.45) is 1.74. The third-order valence-electron chi connectivity index (χ3n) is 1.79. The van der Waals surface area contributed by atoms with E-state index in [4.69, 9.17) is 5.73 Å². The molecule has 72 valence electrons. The number of hydrogen-bond donors (Lipinski definition) is 1. The Labute approximate surface area is 85.3 Å². The molecular weight excluding hydrogens is 198 g/mol. The minimum atomic E-state index is 0.526. The highest BCUT2D eigenvalue weighted by atomic mass is 32.1. The van der Waals surface area contributed by atoms with E-state index < -0.39 is 0 Å². The van der Waals surface area contributed by atoms with Crippen LogP contribution in [0.15, 0.2) is 17.2 Å². The van der Waals surface area contributed by atoms with Gasteiger partial charge in [0.1, 0.15) is 11.6 Å². The highest BCUT2D eigenvalue weighted by Gasteiger charge is 2.09. The van der Waals surface area contributed by atoms with Crippen molar-refractivity contribution in [1.82, 2.24) is 15.1 Å². The normalized spacial score (nSPS) is 10.4. The predicted molar refractivity (Wildman–Crippen MR) is 52.6 cm³/mol. The van der Waals surface area contributed by atoms with Crippen LogP contribution in [0.4, 0.5) is 5.82 Å². The summed E-state index contributed by atoms with van der Waals surface area (Å²) in [6.45, 7) is 2.44. The second-order valence-electron chi connectivity index (χ2n) is 2.89. The average molecular weight is 208 g/mol. The summed E-state index contributed by atoms with van der Waals surface area (Å²) in [6, 6.07) is 0. The number of nitrogens with zero attached hydrogens (tertiary/aromatic N) is 4. The molecule has 2 heterocycles. The van der Waals surface area contributed by atoms with Gasteiger partial charge in [-0.3, -0.25) is 0 Å². The molecule has 0 bridgehead atoms. The number of hydrogen-bond acceptors (Lipinski definition) is 5. The molecule has 0 radical (unpaired) electrons. The molecule has 2 rings (SSSR count). The molecule has 0 saturated carbocycles. The van der Waals surface area contributed by atoms with Crippen molar-refractivity contribution in [3.05, 3.63) is 28.6 Å². The van der Waals surface area contributed by atoms with Gasteiger partial charge in [0, 0.05) is 11.3 Å². The minimum Gasteiger partial charge on any atom is -0.383 e. The van der Waals surface area contributed by atoms with E-state index in [2.05, 4.69) is 15.1 Å². The van der Waals surface area contributed by atoms with E-state index in [-0.39, 0.29) is 0 Å². The number of nitrogen functional groups attached to an aromatic ring is 1. The number of aromatic nitrogens is 4. The maximum absolute atomic E-state index is 5.75. The Morgan fingerprint density at radius 2 is 2.43 bits per heavy atom. The summed E-state index contributed by atoms with van der Waals surface area (Å²) < 4.78 is 1.80. The van der Waals surface area contributed by atoms with Crippen LogP contribution < -0.4 is 10.4 Å². The first kappa shape index (κ1) is 9.01. The van der Waals surface area contributed by atoms with Crippen LogP contribution in [0.2, 0.25) is 0 Å².